The van der Waals surface area contributed by atoms with Gasteiger partial charge in [0, 0.05) is 18.8 Å². The van der Waals surface area contributed by atoms with Crippen molar-refractivity contribution in [2.24, 2.45) is 0 Å². The first-order valence-electron chi connectivity index (χ1n) is 7.19. The molecule has 0 fully saturated rings. The van der Waals surface area contributed by atoms with E-state index in [9.17, 15) is 0 Å². The lowest BCUT2D eigenvalue weighted by Gasteiger charge is -2.09. The number of aromatic nitrogens is 2. The molecule has 0 aliphatic heterocycles. The van der Waals surface area contributed by atoms with Gasteiger partial charge in [-0.15, -0.1) is 0 Å². The van der Waals surface area contributed by atoms with E-state index in [-0.39, 0.29) is 0 Å². The topological polar surface area (TPSA) is 39.1 Å². The minimum absolute atomic E-state index is 0.491. The lowest BCUT2D eigenvalue weighted by Crippen LogP contribution is -2.21. The summed E-state index contributed by atoms with van der Waals surface area (Å²) in [4.78, 5) is 0. The molecule has 0 saturated heterocycles. The highest BCUT2D eigenvalue weighted by Crippen LogP contribution is 2.14. The number of nitrogens with one attached hydrogen (secondary N) is 1. The summed E-state index contributed by atoms with van der Waals surface area (Å²) in [5, 5.41) is 8.37. The molecule has 0 bridgehead atoms. The average Bonchev–Trinajstić information content (AvgIpc) is 2.77. The van der Waals surface area contributed by atoms with Crippen LogP contribution in [-0.4, -0.2) is 22.4 Å². The molecule has 5 heteroatoms. The van der Waals surface area contributed by atoms with Crippen molar-refractivity contribution in [2.75, 3.05) is 6.61 Å². The van der Waals surface area contributed by atoms with E-state index in [2.05, 4.69) is 36.4 Å². The standard InChI is InChI=1S/C16H22ClN3O/c1-12(2)18-10-14-4-6-15(7-5-14)21-9-8-20-11-16(17)13(3)19-20/h4-7,11-12,18H,8-10H2,1-3H3. The Hall–Kier alpha value is -1.52. The van der Waals surface area contributed by atoms with Crippen LogP contribution in [-0.2, 0) is 13.1 Å². The van der Waals surface area contributed by atoms with Crippen molar-refractivity contribution in [2.45, 2.75) is 39.9 Å². The number of aryl methyl sites for hydroxylation is 1. The smallest absolute Gasteiger partial charge is 0.119 e. The summed E-state index contributed by atoms with van der Waals surface area (Å²) < 4.78 is 7.52. The number of benzene rings is 1. The quantitative estimate of drug-likeness (QED) is 0.852. The predicted molar refractivity (Wildman–Crippen MR) is 85.9 cm³/mol. The zero-order chi connectivity index (χ0) is 15.2. The van der Waals surface area contributed by atoms with Crippen LogP contribution in [0.3, 0.4) is 0 Å². The van der Waals surface area contributed by atoms with Gasteiger partial charge in [-0.3, -0.25) is 4.68 Å². The summed E-state index contributed by atoms with van der Waals surface area (Å²) in [7, 11) is 0. The number of ether oxygens (including phenoxy) is 1. The normalized spacial score (nSPS) is 11.1. The molecule has 1 N–H and O–H groups in total. The van der Waals surface area contributed by atoms with Crippen molar-refractivity contribution in [1.82, 2.24) is 15.1 Å². The maximum Gasteiger partial charge on any atom is 0.119 e. The van der Waals surface area contributed by atoms with Gasteiger partial charge in [0.2, 0.25) is 0 Å². The van der Waals surface area contributed by atoms with Crippen molar-refractivity contribution in [3.05, 3.63) is 46.7 Å². The zero-order valence-corrected chi connectivity index (χ0v) is 13.5. The maximum atomic E-state index is 5.96. The Labute approximate surface area is 131 Å². The van der Waals surface area contributed by atoms with Crippen LogP contribution in [0.5, 0.6) is 5.75 Å². The summed E-state index contributed by atoms with van der Waals surface area (Å²) in [6, 6.07) is 8.65. The molecule has 4 nitrogen and oxygen atoms in total. The Bertz CT molecular complexity index is 544. The Morgan fingerprint density at radius 1 is 1.29 bits per heavy atom. The monoisotopic (exact) mass is 307 g/mol. The fraction of sp³-hybridized carbons (Fsp3) is 0.438. The van der Waals surface area contributed by atoms with Crippen LogP contribution in [0.25, 0.3) is 0 Å². The minimum Gasteiger partial charge on any atom is -0.492 e. The molecular formula is C16H22ClN3O. The number of halogens is 1. The number of nitrogens with zero attached hydrogens (tertiary/aromatic N) is 2. The first-order valence-corrected chi connectivity index (χ1v) is 7.57. The van der Waals surface area contributed by atoms with Gasteiger partial charge in [-0.05, 0) is 24.6 Å². The molecule has 114 valence electrons. The first-order chi connectivity index (χ1) is 10.0. The molecule has 1 heterocycles. The molecule has 0 radical (unpaired) electrons. The van der Waals surface area contributed by atoms with Crippen LogP contribution >= 0.6 is 11.6 Å². The van der Waals surface area contributed by atoms with Gasteiger partial charge in [0.05, 0.1) is 17.3 Å². The average molecular weight is 308 g/mol. The van der Waals surface area contributed by atoms with Gasteiger partial charge in [-0.1, -0.05) is 37.6 Å². The van der Waals surface area contributed by atoms with Gasteiger partial charge in [0.25, 0.3) is 0 Å². The first kappa shape index (κ1) is 15.9. The highest BCUT2D eigenvalue weighted by molar-refractivity contribution is 6.31. The second-order valence-electron chi connectivity index (χ2n) is 5.35. The van der Waals surface area contributed by atoms with Gasteiger partial charge < -0.3 is 10.1 Å². The molecule has 0 spiro atoms. The van der Waals surface area contributed by atoms with Crippen LogP contribution in [0.1, 0.15) is 25.1 Å². The van der Waals surface area contributed by atoms with Crippen LogP contribution in [0.2, 0.25) is 5.02 Å². The van der Waals surface area contributed by atoms with Crippen LogP contribution in [0.4, 0.5) is 0 Å². The molecule has 0 unspecified atom stereocenters. The van der Waals surface area contributed by atoms with Gasteiger partial charge in [0.15, 0.2) is 0 Å². The second-order valence-corrected chi connectivity index (χ2v) is 5.76. The molecule has 1 aromatic carbocycles. The summed E-state index contributed by atoms with van der Waals surface area (Å²) in [6.07, 6.45) is 1.82. The molecule has 2 aromatic rings. The minimum atomic E-state index is 0.491. The summed E-state index contributed by atoms with van der Waals surface area (Å²) >= 11 is 5.96. The van der Waals surface area contributed by atoms with E-state index in [1.807, 2.05) is 25.3 Å². The van der Waals surface area contributed by atoms with E-state index in [1.54, 1.807) is 4.68 Å². The number of hydrogen-bond donors (Lipinski definition) is 1. The summed E-state index contributed by atoms with van der Waals surface area (Å²) in [6.45, 7) is 8.30. The van der Waals surface area contributed by atoms with Crippen molar-refractivity contribution in [3.63, 3.8) is 0 Å². The highest BCUT2D eigenvalue weighted by Gasteiger charge is 2.02. The van der Waals surface area contributed by atoms with Crippen LogP contribution in [0, 0.1) is 6.92 Å². The Kier molecular flexibility index (Phi) is 5.65. The van der Waals surface area contributed by atoms with Crippen molar-refractivity contribution in [3.8, 4) is 5.75 Å². The number of rotatable bonds is 7. The molecule has 1 aromatic heterocycles. The Balaban J connectivity index is 1.78. The van der Waals surface area contributed by atoms with E-state index < -0.39 is 0 Å². The maximum absolute atomic E-state index is 5.96. The SMILES string of the molecule is Cc1nn(CCOc2ccc(CNC(C)C)cc2)cc1Cl. The molecule has 0 aliphatic rings. The third-order valence-electron chi connectivity index (χ3n) is 3.11. The fourth-order valence-electron chi connectivity index (χ4n) is 1.89. The largest absolute Gasteiger partial charge is 0.492 e. The van der Waals surface area contributed by atoms with E-state index in [4.69, 9.17) is 16.3 Å². The molecule has 0 atom stereocenters. The van der Waals surface area contributed by atoms with E-state index >= 15 is 0 Å². The van der Waals surface area contributed by atoms with Crippen molar-refractivity contribution >= 4 is 11.6 Å². The Morgan fingerprint density at radius 3 is 2.57 bits per heavy atom. The van der Waals surface area contributed by atoms with Crippen LogP contribution < -0.4 is 10.1 Å². The second kappa shape index (κ2) is 7.48. The zero-order valence-electron chi connectivity index (χ0n) is 12.8. The third-order valence-corrected chi connectivity index (χ3v) is 3.48. The fourth-order valence-corrected chi connectivity index (χ4v) is 2.04. The molecule has 0 aliphatic carbocycles. The lowest BCUT2D eigenvalue weighted by molar-refractivity contribution is 0.291. The molecule has 0 saturated carbocycles. The molecular weight excluding hydrogens is 286 g/mol. The van der Waals surface area contributed by atoms with Crippen molar-refractivity contribution in [1.29, 1.82) is 0 Å². The Morgan fingerprint density at radius 2 is 2.00 bits per heavy atom. The van der Waals surface area contributed by atoms with E-state index in [0.29, 0.717) is 24.2 Å². The van der Waals surface area contributed by atoms with Gasteiger partial charge >= 0.3 is 0 Å². The van der Waals surface area contributed by atoms with Crippen LogP contribution in [0.15, 0.2) is 30.5 Å². The van der Waals surface area contributed by atoms with Crippen molar-refractivity contribution < 1.29 is 4.74 Å². The lowest BCUT2D eigenvalue weighted by atomic mass is 10.2. The summed E-state index contributed by atoms with van der Waals surface area (Å²) in [5.41, 5.74) is 2.10. The summed E-state index contributed by atoms with van der Waals surface area (Å²) in [5.74, 6) is 0.873. The van der Waals surface area contributed by atoms with Gasteiger partial charge in [-0.25, -0.2) is 0 Å². The molecule has 2 rings (SSSR count). The molecule has 21 heavy (non-hydrogen) atoms. The van der Waals surface area contributed by atoms with E-state index in [1.165, 1.54) is 5.56 Å². The molecule has 0 amide bonds. The highest BCUT2D eigenvalue weighted by atomic mass is 35.5. The number of hydrogen-bond acceptors (Lipinski definition) is 3. The third kappa shape index (κ3) is 5.06. The van der Waals surface area contributed by atoms with Gasteiger partial charge in [-0.2, -0.15) is 5.10 Å². The predicted octanol–water partition coefficient (Wildman–Crippen LogP) is 3.42. The van der Waals surface area contributed by atoms with E-state index in [0.717, 1.165) is 18.0 Å². The van der Waals surface area contributed by atoms with Gasteiger partial charge in [0.1, 0.15) is 12.4 Å².